The molecule has 19 heavy (non-hydrogen) atoms. The van der Waals surface area contributed by atoms with Crippen molar-refractivity contribution in [2.75, 3.05) is 6.54 Å². The third-order valence-electron chi connectivity index (χ3n) is 3.54. The Bertz CT molecular complexity index is 529. The summed E-state index contributed by atoms with van der Waals surface area (Å²) in [6.07, 6.45) is 4.69. The molecule has 2 rings (SSSR count). The van der Waals surface area contributed by atoms with E-state index in [9.17, 15) is 0 Å². The summed E-state index contributed by atoms with van der Waals surface area (Å²) in [5, 5.41) is 7.51. The lowest BCUT2D eigenvalue weighted by Gasteiger charge is -2.16. The fourth-order valence-electron chi connectivity index (χ4n) is 2.35. The van der Waals surface area contributed by atoms with Gasteiger partial charge in [-0.05, 0) is 57.9 Å². The lowest BCUT2D eigenvalue weighted by Crippen LogP contribution is -2.22. The summed E-state index contributed by atoms with van der Waals surface area (Å²) in [4.78, 5) is 4.12. The van der Waals surface area contributed by atoms with E-state index in [4.69, 9.17) is 4.52 Å². The van der Waals surface area contributed by atoms with Gasteiger partial charge in [-0.25, -0.2) is 0 Å². The second kappa shape index (κ2) is 5.97. The molecule has 0 amide bonds. The first kappa shape index (κ1) is 13.7. The number of hydrogen-bond acceptors (Lipinski definition) is 4. The van der Waals surface area contributed by atoms with Gasteiger partial charge >= 0.3 is 0 Å². The van der Waals surface area contributed by atoms with Crippen molar-refractivity contribution in [3.05, 3.63) is 46.6 Å². The van der Waals surface area contributed by atoms with Crippen molar-refractivity contribution < 1.29 is 4.52 Å². The summed E-state index contributed by atoms with van der Waals surface area (Å²) in [5.41, 5.74) is 4.73. The Morgan fingerprint density at radius 3 is 2.74 bits per heavy atom. The van der Waals surface area contributed by atoms with Crippen LogP contribution in [0.1, 0.15) is 41.1 Å². The van der Waals surface area contributed by atoms with E-state index in [2.05, 4.69) is 35.4 Å². The molecule has 4 heteroatoms. The Morgan fingerprint density at radius 2 is 2.11 bits per heavy atom. The van der Waals surface area contributed by atoms with Crippen molar-refractivity contribution in [3.8, 4) is 0 Å². The van der Waals surface area contributed by atoms with E-state index >= 15 is 0 Å². The molecule has 1 N–H and O–H groups in total. The monoisotopic (exact) mass is 259 g/mol. The minimum absolute atomic E-state index is 0.323. The number of rotatable bonds is 5. The van der Waals surface area contributed by atoms with Crippen LogP contribution in [0.5, 0.6) is 0 Å². The number of aryl methyl sites for hydroxylation is 3. The maximum atomic E-state index is 5.17. The van der Waals surface area contributed by atoms with E-state index in [1.165, 1.54) is 16.7 Å². The van der Waals surface area contributed by atoms with Crippen LogP contribution >= 0.6 is 0 Å². The summed E-state index contributed by atoms with van der Waals surface area (Å²) >= 11 is 0. The Morgan fingerprint density at radius 1 is 1.32 bits per heavy atom. The maximum Gasteiger partial charge on any atom is 0.137 e. The predicted octanol–water partition coefficient (Wildman–Crippen LogP) is 2.89. The van der Waals surface area contributed by atoms with Crippen LogP contribution < -0.4 is 5.32 Å². The van der Waals surface area contributed by atoms with Crippen LogP contribution in [0.25, 0.3) is 0 Å². The molecule has 2 aromatic rings. The predicted molar refractivity (Wildman–Crippen MR) is 75.1 cm³/mol. The Labute approximate surface area is 114 Å². The van der Waals surface area contributed by atoms with Gasteiger partial charge in [-0.2, -0.15) is 0 Å². The maximum absolute atomic E-state index is 5.17. The normalized spacial score (nSPS) is 12.6. The molecular formula is C15H21N3O. The van der Waals surface area contributed by atoms with Crippen LogP contribution in [-0.4, -0.2) is 16.7 Å². The zero-order chi connectivity index (χ0) is 13.8. The summed E-state index contributed by atoms with van der Waals surface area (Å²) in [6.45, 7) is 9.13. The van der Waals surface area contributed by atoms with Crippen LogP contribution in [-0.2, 0) is 6.42 Å². The van der Waals surface area contributed by atoms with Crippen LogP contribution in [0, 0.1) is 20.8 Å². The van der Waals surface area contributed by atoms with E-state index in [1.54, 1.807) is 0 Å². The molecular weight excluding hydrogens is 238 g/mol. The van der Waals surface area contributed by atoms with Gasteiger partial charge in [-0.3, -0.25) is 4.98 Å². The fourth-order valence-corrected chi connectivity index (χ4v) is 2.35. The molecule has 0 saturated heterocycles. The van der Waals surface area contributed by atoms with Crippen molar-refractivity contribution in [1.82, 2.24) is 15.5 Å². The standard InChI is InChI=1S/C15H21N3O/c1-10-9-16-7-5-14(10)11(2)17-8-6-15-12(3)18-19-13(15)4/h5,7,9,11,17H,6,8H2,1-4H3. The average molecular weight is 259 g/mol. The molecule has 0 radical (unpaired) electrons. The van der Waals surface area contributed by atoms with Gasteiger partial charge < -0.3 is 9.84 Å². The highest BCUT2D eigenvalue weighted by atomic mass is 16.5. The lowest BCUT2D eigenvalue weighted by atomic mass is 10.0. The molecule has 2 aromatic heterocycles. The summed E-state index contributed by atoms with van der Waals surface area (Å²) in [7, 11) is 0. The van der Waals surface area contributed by atoms with E-state index in [0.29, 0.717) is 6.04 Å². The Kier molecular flexibility index (Phi) is 4.32. The summed E-state index contributed by atoms with van der Waals surface area (Å²) < 4.78 is 5.17. The summed E-state index contributed by atoms with van der Waals surface area (Å²) in [6, 6.07) is 2.39. The quantitative estimate of drug-likeness (QED) is 0.897. The third kappa shape index (κ3) is 3.20. The van der Waals surface area contributed by atoms with Crippen LogP contribution in [0.3, 0.4) is 0 Å². The number of aromatic nitrogens is 2. The topological polar surface area (TPSA) is 51.0 Å². The zero-order valence-corrected chi connectivity index (χ0v) is 12.0. The highest BCUT2D eigenvalue weighted by molar-refractivity contribution is 5.25. The molecule has 4 nitrogen and oxygen atoms in total. The summed E-state index contributed by atoms with van der Waals surface area (Å²) in [5.74, 6) is 0.923. The van der Waals surface area contributed by atoms with Gasteiger partial charge in [0.2, 0.25) is 0 Å². The SMILES string of the molecule is Cc1cnccc1C(C)NCCc1c(C)noc1C. The first-order valence-corrected chi connectivity index (χ1v) is 6.65. The minimum Gasteiger partial charge on any atom is -0.361 e. The zero-order valence-electron chi connectivity index (χ0n) is 12.0. The number of nitrogens with one attached hydrogen (secondary N) is 1. The second-order valence-corrected chi connectivity index (χ2v) is 4.96. The van der Waals surface area contributed by atoms with Gasteiger partial charge in [-0.15, -0.1) is 0 Å². The van der Waals surface area contributed by atoms with Crippen molar-refractivity contribution in [2.45, 2.75) is 40.2 Å². The van der Waals surface area contributed by atoms with Crippen molar-refractivity contribution in [2.24, 2.45) is 0 Å². The molecule has 0 aliphatic heterocycles. The molecule has 102 valence electrons. The van der Waals surface area contributed by atoms with E-state index in [0.717, 1.165) is 24.4 Å². The molecule has 0 aliphatic rings. The molecule has 0 saturated carbocycles. The van der Waals surface area contributed by atoms with E-state index in [1.807, 2.05) is 26.2 Å². The molecule has 0 aromatic carbocycles. The van der Waals surface area contributed by atoms with Crippen molar-refractivity contribution in [3.63, 3.8) is 0 Å². The molecule has 0 aliphatic carbocycles. The molecule has 0 fully saturated rings. The number of hydrogen-bond donors (Lipinski definition) is 1. The van der Waals surface area contributed by atoms with Crippen LogP contribution in [0.4, 0.5) is 0 Å². The van der Waals surface area contributed by atoms with Crippen LogP contribution in [0.2, 0.25) is 0 Å². The van der Waals surface area contributed by atoms with Gasteiger partial charge in [0.15, 0.2) is 0 Å². The first-order valence-electron chi connectivity index (χ1n) is 6.65. The fraction of sp³-hybridized carbons (Fsp3) is 0.467. The first-order chi connectivity index (χ1) is 9.09. The number of nitrogens with zero attached hydrogens (tertiary/aromatic N) is 2. The van der Waals surface area contributed by atoms with Crippen molar-refractivity contribution >= 4 is 0 Å². The van der Waals surface area contributed by atoms with Crippen molar-refractivity contribution in [1.29, 1.82) is 0 Å². The number of pyridine rings is 1. The minimum atomic E-state index is 0.323. The molecule has 2 heterocycles. The highest BCUT2D eigenvalue weighted by Gasteiger charge is 2.10. The average Bonchev–Trinajstić information content (AvgIpc) is 2.70. The highest BCUT2D eigenvalue weighted by Crippen LogP contribution is 2.16. The van der Waals surface area contributed by atoms with Gasteiger partial charge in [0.05, 0.1) is 5.69 Å². The van der Waals surface area contributed by atoms with Gasteiger partial charge in [-0.1, -0.05) is 5.16 Å². The van der Waals surface area contributed by atoms with E-state index in [-0.39, 0.29) is 0 Å². The Balaban J connectivity index is 1.91. The van der Waals surface area contributed by atoms with E-state index < -0.39 is 0 Å². The second-order valence-electron chi connectivity index (χ2n) is 4.96. The molecule has 1 unspecified atom stereocenters. The van der Waals surface area contributed by atoms with Gasteiger partial charge in [0, 0.05) is 24.0 Å². The largest absolute Gasteiger partial charge is 0.361 e. The van der Waals surface area contributed by atoms with Gasteiger partial charge in [0.25, 0.3) is 0 Å². The molecule has 1 atom stereocenters. The van der Waals surface area contributed by atoms with Crippen LogP contribution in [0.15, 0.2) is 23.0 Å². The Hall–Kier alpha value is -1.68. The third-order valence-corrected chi connectivity index (χ3v) is 3.54. The smallest absolute Gasteiger partial charge is 0.137 e. The molecule has 0 bridgehead atoms. The lowest BCUT2D eigenvalue weighted by molar-refractivity contribution is 0.392. The molecule has 0 spiro atoms. The van der Waals surface area contributed by atoms with Gasteiger partial charge in [0.1, 0.15) is 5.76 Å².